The molecule has 0 amide bonds. The minimum atomic E-state index is -0.0738. The van der Waals surface area contributed by atoms with E-state index in [1.54, 1.807) is 0 Å². The van der Waals surface area contributed by atoms with Crippen molar-refractivity contribution in [3.63, 3.8) is 0 Å². The second-order valence-corrected chi connectivity index (χ2v) is 3.73. The fourth-order valence-electron chi connectivity index (χ4n) is 1.79. The second kappa shape index (κ2) is 5.36. The average Bonchev–Trinajstić information content (AvgIpc) is 2.27. The molecular weight excluding hydrogens is 148 g/mol. The van der Waals surface area contributed by atoms with Crippen molar-refractivity contribution in [2.45, 2.75) is 51.6 Å². The van der Waals surface area contributed by atoms with Gasteiger partial charge < -0.3 is 5.11 Å². The highest BCUT2D eigenvalue weighted by atomic mass is 16.3. The molecule has 70 valence electrons. The first kappa shape index (κ1) is 9.79. The summed E-state index contributed by atoms with van der Waals surface area (Å²) in [6.07, 6.45) is 11.3. The number of aliphatic hydroxyl groups excluding tert-OH is 1. The minimum Gasteiger partial charge on any atom is -0.393 e. The van der Waals surface area contributed by atoms with Gasteiger partial charge in [0.1, 0.15) is 0 Å². The predicted octanol–water partition coefficient (Wildman–Crippen LogP) is 2.89. The third-order valence-corrected chi connectivity index (χ3v) is 2.64. The van der Waals surface area contributed by atoms with E-state index < -0.39 is 0 Å². The lowest BCUT2D eigenvalue weighted by Crippen LogP contribution is -2.17. The van der Waals surface area contributed by atoms with Crippen molar-refractivity contribution >= 4 is 0 Å². The molecule has 0 saturated heterocycles. The van der Waals surface area contributed by atoms with Crippen molar-refractivity contribution in [2.24, 2.45) is 5.92 Å². The molecule has 1 N–H and O–H groups in total. The summed E-state index contributed by atoms with van der Waals surface area (Å²) in [5, 5.41) is 9.72. The zero-order valence-electron chi connectivity index (χ0n) is 8.00. The lowest BCUT2D eigenvalue weighted by atomic mass is 9.94. The minimum absolute atomic E-state index is 0.0738. The molecule has 0 bridgehead atoms. The Kier molecular flexibility index (Phi) is 4.37. The molecule has 0 aromatic heterocycles. The van der Waals surface area contributed by atoms with E-state index in [9.17, 15) is 5.11 Å². The molecule has 0 radical (unpaired) electrons. The van der Waals surface area contributed by atoms with Crippen LogP contribution in [0.1, 0.15) is 45.4 Å². The average molecular weight is 168 g/mol. The monoisotopic (exact) mass is 168 g/mol. The SMILES string of the molecule is CCCCC1C=CCCCC1O. The summed E-state index contributed by atoms with van der Waals surface area (Å²) in [5.74, 6) is 0.437. The lowest BCUT2D eigenvalue weighted by molar-refractivity contribution is 0.116. The lowest BCUT2D eigenvalue weighted by Gasteiger charge is -2.17. The molecule has 2 unspecified atom stereocenters. The molecule has 2 atom stereocenters. The van der Waals surface area contributed by atoms with Crippen LogP contribution in [0.5, 0.6) is 0 Å². The largest absolute Gasteiger partial charge is 0.393 e. The van der Waals surface area contributed by atoms with E-state index in [2.05, 4.69) is 19.1 Å². The number of hydrogen-bond donors (Lipinski definition) is 1. The van der Waals surface area contributed by atoms with Crippen LogP contribution in [0.3, 0.4) is 0 Å². The van der Waals surface area contributed by atoms with Crippen LogP contribution in [0.4, 0.5) is 0 Å². The highest BCUT2D eigenvalue weighted by Gasteiger charge is 2.16. The maximum atomic E-state index is 9.72. The van der Waals surface area contributed by atoms with Gasteiger partial charge in [-0.15, -0.1) is 0 Å². The molecule has 0 spiro atoms. The van der Waals surface area contributed by atoms with Gasteiger partial charge in [-0.1, -0.05) is 31.9 Å². The zero-order chi connectivity index (χ0) is 8.81. The van der Waals surface area contributed by atoms with E-state index in [1.807, 2.05) is 0 Å². The molecule has 0 heterocycles. The molecule has 0 saturated carbocycles. The summed E-state index contributed by atoms with van der Waals surface area (Å²) in [6.45, 7) is 2.20. The van der Waals surface area contributed by atoms with Crippen LogP contribution in [0.15, 0.2) is 12.2 Å². The molecule has 1 rings (SSSR count). The number of unbranched alkanes of at least 4 members (excludes halogenated alkanes) is 1. The van der Waals surface area contributed by atoms with Gasteiger partial charge >= 0.3 is 0 Å². The fourth-order valence-corrected chi connectivity index (χ4v) is 1.79. The quantitative estimate of drug-likeness (QED) is 0.642. The Balaban J connectivity index is 2.35. The summed E-state index contributed by atoms with van der Waals surface area (Å²) < 4.78 is 0. The molecule has 1 heteroatoms. The Morgan fingerprint density at radius 1 is 1.50 bits per heavy atom. The van der Waals surface area contributed by atoms with Crippen molar-refractivity contribution in [1.82, 2.24) is 0 Å². The van der Waals surface area contributed by atoms with Crippen LogP contribution in [-0.4, -0.2) is 11.2 Å². The summed E-state index contributed by atoms with van der Waals surface area (Å²) in [7, 11) is 0. The van der Waals surface area contributed by atoms with E-state index in [1.165, 1.54) is 12.8 Å². The maximum Gasteiger partial charge on any atom is 0.0602 e. The second-order valence-electron chi connectivity index (χ2n) is 3.73. The summed E-state index contributed by atoms with van der Waals surface area (Å²) in [5.41, 5.74) is 0. The Morgan fingerprint density at radius 2 is 2.33 bits per heavy atom. The van der Waals surface area contributed by atoms with Crippen LogP contribution in [-0.2, 0) is 0 Å². The van der Waals surface area contributed by atoms with E-state index in [0.717, 1.165) is 25.7 Å². The molecule has 0 fully saturated rings. The predicted molar refractivity (Wildman–Crippen MR) is 52.0 cm³/mol. The van der Waals surface area contributed by atoms with Gasteiger partial charge in [0.25, 0.3) is 0 Å². The van der Waals surface area contributed by atoms with Crippen molar-refractivity contribution in [1.29, 1.82) is 0 Å². The van der Waals surface area contributed by atoms with Gasteiger partial charge in [0.2, 0.25) is 0 Å². The Labute approximate surface area is 75.5 Å². The van der Waals surface area contributed by atoms with E-state index in [4.69, 9.17) is 0 Å². The Morgan fingerprint density at radius 3 is 3.08 bits per heavy atom. The van der Waals surface area contributed by atoms with Crippen molar-refractivity contribution < 1.29 is 5.11 Å². The van der Waals surface area contributed by atoms with E-state index >= 15 is 0 Å². The number of aliphatic hydroxyl groups is 1. The number of allylic oxidation sites excluding steroid dienone is 1. The van der Waals surface area contributed by atoms with Gasteiger partial charge in [-0.2, -0.15) is 0 Å². The van der Waals surface area contributed by atoms with Gasteiger partial charge in [0.15, 0.2) is 0 Å². The van der Waals surface area contributed by atoms with Crippen molar-refractivity contribution in [3.05, 3.63) is 12.2 Å². The third kappa shape index (κ3) is 2.98. The molecule has 1 aliphatic carbocycles. The summed E-state index contributed by atoms with van der Waals surface area (Å²) >= 11 is 0. The van der Waals surface area contributed by atoms with Crippen LogP contribution >= 0.6 is 0 Å². The number of rotatable bonds is 3. The van der Waals surface area contributed by atoms with Gasteiger partial charge in [-0.25, -0.2) is 0 Å². The van der Waals surface area contributed by atoms with E-state index in [0.29, 0.717) is 5.92 Å². The van der Waals surface area contributed by atoms with Gasteiger partial charge in [0, 0.05) is 5.92 Å². The summed E-state index contributed by atoms with van der Waals surface area (Å²) in [6, 6.07) is 0. The molecular formula is C11H20O. The fraction of sp³-hybridized carbons (Fsp3) is 0.818. The molecule has 0 aromatic carbocycles. The van der Waals surface area contributed by atoms with Crippen LogP contribution in [0, 0.1) is 5.92 Å². The first-order chi connectivity index (χ1) is 5.84. The standard InChI is InChI=1S/C11H20O/c1-2-3-7-10-8-5-4-6-9-11(10)12/h5,8,10-12H,2-4,6-7,9H2,1H3. The highest BCUT2D eigenvalue weighted by molar-refractivity contribution is 4.94. The molecule has 1 nitrogen and oxygen atoms in total. The molecule has 0 aliphatic heterocycles. The van der Waals surface area contributed by atoms with Crippen LogP contribution < -0.4 is 0 Å². The highest BCUT2D eigenvalue weighted by Crippen LogP contribution is 2.22. The molecule has 1 aliphatic rings. The maximum absolute atomic E-state index is 9.72. The molecule has 0 aromatic rings. The smallest absolute Gasteiger partial charge is 0.0602 e. The number of hydrogen-bond acceptors (Lipinski definition) is 1. The molecule has 12 heavy (non-hydrogen) atoms. The topological polar surface area (TPSA) is 20.2 Å². The first-order valence-corrected chi connectivity index (χ1v) is 5.19. The zero-order valence-corrected chi connectivity index (χ0v) is 8.00. The van der Waals surface area contributed by atoms with Gasteiger partial charge in [0.05, 0.1) is 6.10 Å². The van der Waals surface area contributed by atoms with Crippen LogP contribution in [0.25, 0.3) is 0 Å². The normalized spacial score (nSPS) is 30.2. The third-order valence-electron chi connectivity index (χ3n) is 2.64. The van der Waals surface area contributed by atoms with Crippen LogP contribution in [0.2, 0.25) is 0 Å². The van der Waals surface area contributed by atoms with Gasteiger partial charge in [-0.3, -0.25) is 0 Å². The van der Waals surface area contributed by atoms with Crippen molar-refractivity contribution in [3.8, 4) is 0 Å². The van der Waals surface area contributed by atoms with Crippen molar-refractivity contribution in [2.75, 3.05) is 0 Å². The Hall–Kier alpha value is -0.300. The van der Waals surface area contributed by atoms with E-state index in [-0.39, 0.29) is 6.10 Å². The van der Waals surface area contributed by atoms with Gasteiger partial charge in [-0.05, 0) is 25.7 Å². The summed E-state index contributed by atoms with van der Waals surface area (Å²) in [4.78, 5) is 0. The first-order valence-electron chi connectivity index (χ1n) is 5.19. The Bertz CT molecular complexity index is 140.